The number of rotatable bonds is 7. The molecule has 10 nitrogen and oxygen atoms in total. The number of amides is 1. The number of non-ortho nitro benzene ring substituents is 1. The van der Waals surface area contributed by atoms with E-state index in [0.717, 1.165) is 33.5 Å². The maximum atomic E-state index is 12.7. The van der Waals surface area contributed by atoms with E-state index in [2.05, 4.69) is 6.58 Å². The molecule has 1 N–H and O–H groups in total. The van der Waals surface area contributed by atoms with Crippen LogP contribution in [0.1, 0.15) is 12.8 Å². The molecule has 2 rings (SSSR count). The molecule has 1 atom stereocenters. The molecule has 1 saturated heterocycles. The zero-order valence-corrected chi connectivity index (χ0v) is 15.2. The van der Waals surface area contributed by atoms with E-state index >= 15 is 0 Å². The van der Waals surface area contributed by atoms with E-state index in [-0.39, 0.29) is 36.0 Å². The number of carbonyl (C=O) groups is 2. The molecule has 1 amide bonds. The average Bonchev–Trinajstić information content (AvgIpc) is 2.65. The van der Waals surface area contributed by atoms with Crippen molar-refractivity contribution in [3.8, 4) is 0 Å². The van der Waals surface area contributed by atoms with Crippen LogP contribution in [-0.2, 0) is 19.6 Å². The van der Waals surface area contributed by atoms with Gasteiger partial charge in [-0.15, -0.1) is 6.58 Å². The topological polar surface area (TPSA) is 138 Å². The van der Waals surface area contributed by atoms with Crippen molar-refractivity contribution in [1.29, 1.82) is 0 Å². The molecular weight excluding hydrogens is 378 g/mol. The number of hydrogen-bond donors (Lipinski definition) is 1. The summed E-state index contributed by atoms with van der Waals surface area (Å²) < 4.78 is 26.4. The Hall–Kier alpha value is -2.79. The van der Waals surface area contributed by atoms with E-state index in [1.165, 1.54) is 0 Å². The minimum absolute atomic E-state index is 0.0564. The van der Waals surface area contributed by atoms with Crippen LogP contribution in [0.4, 0.5) is 5.69 Å². The molecule has 1 heterocycles. The average molecular weight is 397 g/mol. The number of aliphatic carboxylic acids is 1. The molecule has 0 aliphatic carbocycles. The lowest BCUT2D eigenvalue weighted by Crippen LogP contribution is -2.59. The van der Waals surface area contributed by atoms with Gasteiger partial charge in [0.2, 0.25) is 15.9 Å². The van der Waals surface area contributed by atoms with Crippen molar-refractivity contribution >= 4 is 27.6 Å². The van der Waals surface area contributed by atoms with E-state index in [1.54, 1.807) is 6.08 Å². The number of benzene rings is 1. The molecule has 0 spiro atoms. The molecule has 0 radical (unpaired) electrons. The molecule has 1 aliphatic heterocycles. The highest BCUT2D eigenvalue weighted by atomic mass is 32.2. The summed E-state index contributed by atoms with van der Waals surface area (Å²) in [5.41, 5.74) is -0.255. The van der Waals surface area contributed by atoms with Gasteiger partial charge in [0.05, 0.1) is 9.82 Å². The van der Waals surface area contributed by atoms with Crippen molar-refractivity contribution in [2.45, 2.75) is 23.8 Å². The van der Waals surface area contributed by atoms with Crippen molar-refractivity contribution in [3.63, 3.8) is 0 Å². The fourth-order valence-electron chi connectivity index (χ4n) is 2.74. The number of piperazine rings is 1. The summed E-state index contributed by atoms with van der Waals surface area (Å²) in [6.07, 6.45) is 2.04. The summed E-state index contributed by atoms with van der Waals surface area (Å²) in [7, 11) is -4.04. The summed E-state index contributed by atoms with van der Waals surface area (Å²) in [5, 5.41) is 20.1. The van der Waals surface area contributed by atoms with Crippen LogP contribution in [0.2, 0.25) is 0 Å². The second kappa shape index (κ2) is 8.27. The summed E-state index contributed by atoms with van der Waals surface area (Å²) >= 11 is 0. The SMILES string of the molecule is C=CCCC(=O)N1CCN(S(=O)(=O)c2ccc([N+](=O)[O-])cc2)CC1C(=O)O. The third-order valence-corrected chi connectivity index (χ3v) is 6.08. The van der Waals surface area contributed by atoms with Gasteiger partial charge in [0.15, 0.2) is 0 Å². The van der Waals surface area contributed by atoms with Gasteiger partial charge in [0, 0.05) is 38.2 Å². The summed E-state index contributed by atoms with van der Waals surface area (Å²) in [6.45, 7) is 2.99. The standard InChI is InChI=1S/C16H19N3O7S/c1-2-3-4-15(20)18-10-9-17(11-14(18)16(21)22)27(25,26)13-7-5-12(6-8-13)19(23)24/h2,5-8,14H,1,3-4,9-11H2,(H,21,22). The smallest absolute Gasteiger partial charge is 0.327 e. The van der Waals surface area contributed by atoms with E-state index in [4.69, 9.17) is 0 Å². The minimum Gasteiger partial charge on any atom is -0.480 e. The molecule has 1 unspecified atom stereocenters. The number of hydrogen-bond acceptors (Lipinski definition) is 6. The van der Waals surface area contributed by atoms with Crippen molar-refractivity contribution < 1.29 is 28.0 Å². The Morgan fingerprint density at radius 1 is 1.30 bits per heavy atom. The molecule has 1 aromatic carbocycles. The lowest BCUT2D eigenvalue weighted by Gasteiger charge is -2.38. The van der Waals surface area contributed by atoms with Gasteiger partial charge in [-0.05, 0) is 18.6 Å². The van der Waals surface area contributed by atoms with Crippen LogP contribution in [-0.4, -0.2) is 65.2 Å². The third-order valence-electron chi connectivity index (χ3n) is 4.20. The predicted molar refractivity (Wildman–Crippen MR) is 94.4 cm³/mol. The van der Waals surface area contributed by atoms with Gasteiger partial charge >= 0.3 is 5.97 Å². The lowest BCUT2D eigenvalue weighted by atomic mass is 10.1. The van der Waals surface area contributed by atoms with Crippen LogP contribution >= 0.6 is 0 Å². The first-order chi connectivity index (χ1) is 12.7. The number of carboxylic acids is 1. The quantitative estimate of drug-likeness (QED) is 0.409. The minimum atomic E-state index is -4.04. The number of nitro groups is 1. The molecule has 1 fully saturated rings. The molecular formula is C16H19N3O7S. The number of allylic oxidation sites excluding steroid dienone is 1. The maximum Gasteiger partial charge on any atom is 0.327 e. The second-order valence-electron chi connectivity index (χ2n) is 5.88. The Morgan fingerprint density at radius 3 is 2.44 bits per heavy atom. The largest absolute Gasteiger partial charge is 0.480 e. The number of nitro benzene ring substituents is 1. The van der Waals surface area contributed by atoms with Gasteiger partial charge in [-0.25, -0.2) is 13.2 Å². The molecule has 0 bridgehead atoms. The van der Waals surface area contributed by atoms with Crippen molar-refractivity contribution in [1.82, 2.24) is 9.21 Å². The van der Waals surface area contributed by atoms with Gasteiger partial charge in [0.25, 0.3) is 5.69 Å². The Kier molecular flexibility index (Phi) is 6.28. The van der Waals surface area contributed by atoms with Crippen LogP contribution < -0.4 is 0 Å². The van der Waals surface area contributed by atoms with E-state index in [0.29, 0.717) is 6.42 Å². The van der Waals surface area contributed by atoms with Crippen LogP contribution in [0.25, 0.3) is 0 Å². The molecule has 146 valence electrons. The molecule has 0 aromatic heterocycles. The summed E-state index contributed by atoms with van der Waals surface area (Å²) in [4.78, 5) is 34.8. The van der Waals surface area contributed by atoms with Crippen LogP contribution in [0.15, 0.2) is 41.8 Å². The second-order valence-corrected chi connectivity index (χ2v) is 7.82. The maximum absolute atomic E-state index is 12.7. The Labute approximate surface area is 155 Å². The Morgan fingerprint density at radius 2 is 1.93 bits per heavy atom. The molecule has 11 heteroatoms. The Balaban J connectivity index is 2.22. The zero-order chi connectivity index (χ0) is 20.2. The number of carboxylic acid groups (broad SMARTS) is 1. The van der Waals surface area contributed by atoms with Crippen LogP contribution in [0.5, 0.6) is 0 Å². The highest BCUT2D eigenvalue weighted by molar-refractivity contribution is 7.89. The fraction of sp³-hybridized carbons (Fsp3) is 0.375. The highest BCUT2D eigenvalue weighted by Gasteiger charge is 2.39. The van der Waals surface area contributed by atoms with Crippen molar-refractivity contribution in [3.05, 3.63) is 47.0 Å². The molecule has 0 saturated carbocycles. The number of carbonyl (C=O) groups excluding carboxylic acids is 1. The van der Waals surface area contributed by atoms with Crippen molar-refractivity contribution in [2.24, 2.45) is 0 Å². The van der Waals surface area contributed by atoms with E-state index in [1.807, 2.05) is 0 Å². The monoisotopic (exact) mass is 397 g/mol. The van der Waals surface area contributed by atoms with Crippen LogP contribution in [0.3, 0.4) is 0 Å². The molecule has 27 heavy (non-hydrogen) atoms. The lowest BCUT2D eigenvalue weighted by molar-refractivity contribution is -0.384. The first-order valence-corrected chi connectivity index (χ1v) is 9.50. The van der Waals surface area contributed by atoms with Gasteiger partial charge < -0.3 is 10.0 Å². The third kappa shape index (κ3) is 4.49. The number of sulfonamides is 1. The molecule has 1 aromatic rings. The van der Waals surface area contributed by atoms with Crippen LogP contribution in [0, 0.1) is 10.1 Å². The van der Waals surface area contributed by atoms with Gasteiger partial charge in [-0.2, -0.15) is 4.31 Å². The van der Waals surface area contributed by atoms with Gasteiger partial charge in [-0.1, -0.05) is 6.08 Å². The zero-order valence-electron chi connectivity index (χ0n) is 14.4. The van der Waals surface area contributed by atoms with Gasteiger partial charge in [0.1, 0.15) is 6.04 Å². The van der Waals surface area contributed by atoms with E-state index in [9.17, 15) is 33.2 Å². The summed E-state index contributed by atoms with van der Waals surface area (Å²) in [5.74, 6) is -1.68. The van der Waals surface area contributed by atoms with Gasteiger partial charge in [-0.3, -0.25) is 14.9 Å². The first kappa shape index (κ1) is 20.5. The first-order valence-electron chi connectivity index (χ1n) is 8.06. The van der Waals surface area contributed by atoms with Crippen molar-refractivity contribution in [2.75, 3.05) is 19.6 Å². The normalized spacial score (nSPS) is 18.1. The van der Waals surface area contributed by atoms with E-state index < -0.39 is 33.5 Å². The Bertz CT molecular complexity index is 851. The molecule has 1 aliphatic rings. The predicted octanol–water partition coefficient (Wildman–Crippen LogP) is 0.847. The highest BCUT2D eigenvalue weighted by Crippen LogP contribution is 2.23. The number of nitrogens with zero attached hydrogens (tertiary/aromatic N) is 3. The summed E-state index contributed by atoms with van der Waals surface area (Å²) in [6, 6.07) is 3.03. The fourth-order valence-corrected chi connectivity index (χ4v) is 4.18.